The van der Waals surface area contributed by atoms with Crippen LogP contribution < -0.4 is 0 Å². The van der Waals surface area contributed by atoms with Crippen LogP contribution in [0.15, 0.2) is 91.0 Å². The smallest absolute Gasteiger partial charge is 0.304 e. The van der Waals surface area contributed by atoms with Gasteiger partial charge in [-0.2, -0.15) is 0 Å². The van der Waals surface area contributed by atoms with Gasteiger partial charge in [-0.1, -0.05) is 91.0 Å². The number of carboxylic acids is 1. The zero-order valence-corrected chi connectivity index (χ0v) is 13.4. The Balaban J connectivity index is 2.18. The fourth-order valence-corrected chi connectivity index (χ4v) is 3.35. The molecular weight excluding hydrogens is 296 g/mol. The molecule has 0 amide bonds. The van der Waals surface area contributed by atoms with E-state index in [9.17, 15) is 9.90 Å². The maximum Gasteiger partial charge on any atom is 0.304 e. The second-order valence-electron chi connectivity index (χ2n) is 6.05. The summed E-state index contributed by atoms with van der Waals surface area (Å²) in [6, 6.07) is 30.0. The first-order valence-electron chi connectivity index (χ1n) is 8.07. The molecule has 3 rings (SSSR count). The lowest BCUT2D eigenvalue weighted by Crippen LogP contribution is -2.33. The minimum absolute atomic E-state index is 0.0515. The molecule has 24 heavy (non-hydrogen) atoms. The first-order chi connectivity index (χ1) is 11.7. The van der Waals surface area contributed by atoms with Gasteiger partial charge in [-0.15, -0.1) is 0 Å². The molecule has 0 radical (unpaired) electrons. The van der Waals surface area contributed by atoms with Gasteiger partial charge in [0.15, 0.2) is 0 Å². The molecule has 0 atom stereocenters. The summed E-state index contributed by atoms with van der Waals surface area (Å²) >= 11 is 0. The third kappa shape index (κ3) is 3.38. The molecule has 0 aliphatic rings. The number of rotatable bonds is 6. The van der Waals surface area contributed by atoms with Crippen molar-refractivity contribution in [2.24, 2.45) is 0 Å². The van der Waals surface area contributed by atoms with E-state index >= 15 is 0 Å². The average molecular weight is 316 g/mol. The van der Waals surface area contributed by atoms with Gasteiger partial charge in [-0.3, -0.25) is 4.79 Å². The van der Waals surface area contributed by atoms with Crippen molar-refractivity contribution in [1.82, 2.24) is 0 Å². The van der Waals surface area contributed by atoms with Gasteiger partial charge in [0.2, 0.25) is 0 Å². The summed E-state index contributed by atoms with van der Waals surface area (Å²) in [6.45, 7) is 0. The van der Waals surface area contributed by atoms with E-state index in [2.05, 4.69) is 12.1 Å². The van der Waals surface area contributed by atoms with Crippen LogP contribution in [0.4, 0.5) is 0 Å². The number of hydrogen-bond donors (Lipinski definition) is 1. The van der Waals surface area contributed by atoms with Crippen LogP contribution in [0, 0.1) is 0 Å². The Labute approximate surface area is 142 Å². The fraction of sp³-hybridized carbons (Fsp3) is 0.136. The Morgan fingerprint density at radius 1 is 0.708 bits per heavy atom. The Morgan fingerprint density at radius 2 is 1.12 bits per heavy atom. The van der Waals surface area contributed by atoms with E-state index < -0.39 is 11.4 Å². The quantitative estimate of drug-likeness (QED) is 0.716. The normalized spacial score (nSPS) is 11.2. The highest BCUT2D eigenvalue weighted by molar-refractivity contribution is 5.71. The fourth-order valence-electron chi connectivity index (χ4n) is 3.35. The second-order valence-corrected chi connectivity index (χ2v) is 6.05. The Bertz CT molecular complexity index is 740. The maximum atomic E-state index is 11.8. The van der Waals surface area contributed by atoms with Crippen LogP contribution in [0.5, 0.6) is 0 Å². The Morgan fingerprint density at radius 3 is 1.54 bits per heavy atom. The molecule has 3 aromatic rings. The van der Waals surface area contributed by atoms with E-state index in [-0.39, 0.29) is 6.42 Å². The number of carbonyl (C=O) groups is 1. The molecule has 0 fully saturated rings. The van der Waals surface area contributed by atoms with Gasteiger partial charge in [-0.05, 0) is 23.1 Å². The third-order valence-corrected chi connectivity index (χ3v) is 4.45. The summed E-state index contributed by atoms with van der Waals surface area (Å²) in [6.07, 6.45) is 0.698. The molecule has 0 aromatic heterocycles. The van der Waals surface area contributed by atoms with Crippen LogP contribution in [0.3, 0.4) is 0 Å². The lowest BCUT2D eigenvalue weighted by atomic mass is 9.68. The zero-order chi connectivity index (χ0) is 16.8. The molecule has 0 aliphatic heterocycles. The predicted octanol–water partition coefficient (Wildman–Crippen LogP) is 4.69. The highest BCUT2D eigenvalue weighted by atomic mass is 16.4. The van der Waals surface area contributed by atoms with Gasteiger partial charge in [0.05, 0.1) is 6.42 Å². The van der Waals surface area contributed by atoms with Gasteiger partial charge in [-0.25, -0.2) is 0 Å². The van der Waals surface area contributed by atoms with Crippen molar-refractivity contribution in [3.05, 3.63) is 108 Å². The third-order valence-electron chi connectivity index (χ3n) is 4.45. The van der Waals surface area contributed by atoms with Crippen molar-refractivity contribution < 1.29 is 9.90 Å². The number of hydrogen-bond acceptors (Lipinski definition) is 1. The van der Waals surface area contributed by atoms with E-state index in [1.165, 1.54) is 0 Å². The summed E-state index contributed by atoms with van der Waals surface area (Å²) in [5, 5.41) is 9.65. The van der Waals surface area contributed by atoms with Crippen molar-refractivity contribution in [3.8, 4) is 0 Å². The van der Waals surface area contributed by atoms with E-state index in [0.717, 1.165) is 16.7 Å². The molecule has 0 unspecified atom stereocenters. The summed E-state index contributed by atoms with van der Waals surface area (Å²) in [7, 11) is 0. The lowest BCUT2D eigenvalue weighted by molar-refractivity contribution is -0.138. The van der Waals surface area contributed by atoms with Gasteiger partial charge in [0.25, 0.3) is 0 Å². The van der Waals surface area contributed by atoms with Crippen LogP contribution in [0.25, 0.3) is 0 Å². The minimum atomic E-state index is -0.793. The summed E-state index contributed by atoms with van der Waals surface area (Å²) in [5.41, 5.74) is 2.60. The molecule has 2 nitrogen and oxygen atoms in total. The molecule has 120 valence electrons. The SMILES string of the molecule is O=C(O)CC(Cc1ccccc1)(c1ccccc1)c1ccccc1. The standard InChI is InChI=1S/C22H20O2/c23-21(24)17-22(19-12-6-2-7-13-19,20-14-8-3-9-15-20)16-18-10-4-1-5-11-18/h1-15H,16-17H2,(H,23,24). The van der Waals surface area contributed by atoms with Crippen molar-refractivity contribution in [3.63, 3.8) is 0 Å². The molecule has 0 aliphatic carbocycles. The molecule has 1 N–H and O–H groups in total. The molecule has 0 saturated carbocycles. The van der Waals surface area contributed by atoms with Crippen molar-refractivity contribution >= 4 is 5.97 Å². The number of carboxylic acid groups (broad SMARTS) is 1. The van der Waals surface area contributed by atoms with Gasteiger partial charge < -0.3 is 5.11 Å². The van der Waals surface area contributed by atoms with Gasteiger partial charge >= 0.3 is 5.97 Å². The van der Waals surface area contributed by atoms with E-state index in [1.807, 2.05) is 78.9 Å². The van der Waals surface area contributed by atoms with E-state index in [4.69, 9.17) is 0 Å². The average Bonchev–Trinajstić information content (AvgIpc) is 2.63. The first-order valence-corrected chi connectivity index (χ1v) is 8.07. The molecule has 0 heterocycles. The molecule has 3 aromatic carbocycles. The molecule has 0 saturated heterocycles. The number of aliphatic carboxylic acids is 1. The van der Waals surface area contributed by atoms with Crippen molar-refractivity contribution in [1.29, 1.82) is 0 Å². The topological polar surface area (TPSA) is 37.3 Å². The van der Waals surface area contributed by atoms with Crippen molar-refractivity contribution in [2.75, 3.05) is 0 Å². The minimum Gasteiger partial charge on any atom is -0.481 e. The zero-order valence-electron chi connectivity index (χ0n) is 13.4. The van der Waals surface area contributed by atoms with Crippen LogP contribution in [0.1, 0.15) is 23.1 Å². The van der Waals surface area contributed by atoms with Crippen molar-refractivity contribution in [2.45, 2.75) is 18.3 Å². The molecule has 0 spiro atoms. The second kappa shape index (κ2) is 7.14. The molecular formula is C22H20O2. The maximum absolute atomic E-state index is 11.8. The monoisotopic (exact) mass is 316 g/mol. The lowest BCUT2D eigenvalue weighted by Gasteiger charge is -2.34. The summed E-state index contributed by atoms with van der Waals surface area (Å²) in [5.74, 6) is -0.793. The van der Waals surface area contributed by atoms with Gasteiger partial charge in [0, 0.05) is 5.41 Å². The first kappa shape index (κ1) is 16.0. The molecule has 2 heteroatoms. The molecule has 0 bridgehead atoms. The highest BCUT2D eigenvalue weighted by Gasteiger charge is 2.36. The van der Waals surface area contributed by atoms with E-state index in [0.29, 0.717) is 6.42 Å². The highest BCUT2D eigenvalue weighted by Crippen LogP contribution is 2.39. The van der Waals surface area contributed by atoms with Crippen LogP contribution in [0.2, 0.25) is 0 Å². The predicted molar refractivity (Wildman–Crippen MR) is 96.1 cm³/mol. The van der Waals surface area contributed by atoms with Gasteiger partial charge in [0.1, 0.15) is 0 Å². The summed E-state index contributed by atoms with van der Waals surface area (Å²) in [4.78, 5) is 11.8. The van der Waals surface area contributed by atoms with Crippen LogP contribution in [-0.2, 0) is 16.6 Å². The van der Waals surface area contributed by atoms with E-state index in [1.54, 1.807) is 0 Å². The van der Waals surface area contributed by atoms with Crippen LogP contribution >= 0.6 is 0 Å². The summed E-state index contributed by atoms with van der Waals surface area (Å²) < 4.78 is 0. The Hall–Kier alpha value is -2.87. The Kier molecular flexibility index (Phi) is 4.76. The van der Waals surface area contributed by atoms with Crippen LogP contribution in [-0.4, -0.2) is 11.1 Å². The largest absolute Gasteiger partial charge is 0.481 e. The number of benzene rings is 3.